The Kier molecular flexibility index (Phi) is 5.62. The highest BCUT2D eigenvalue weighted by Crippen LogP contribution is 2.33. The number of ether oxygens (including phenoxy) is 1. The van der Waals surface area contributed by atoms with Gasteiger partial charge in [0.25, 0.3) is 0 Å². The largest absolute Gasteiger partial charge is 0.494 e. The van der Waals surface area contributed by atoms with Crippen LogP contribution >= 0.6 is 11.3 Å². The monoisotopic (exact) mass is 374 g/mol. The molecule has 0 unspecified atom stereocenters. The molecule has 142 valence electrons. The fraction of sp³-hybridized carbons (Fsp3) is 0.650. The number of anilines is 1. The lowest BCUT2D eigenvalue weighted by atomic mass is 9.96. The van der Waals surface area contributed by atoms with Gasteiger partial charge >= 0.3 is 0 Å². The molecule has 0 spiro atoms. The van der Waals surface area contributed by atoms with E-state index < -0.39 is 0 Å². The summed E-state index contributed by atoms with van der Waals surface area (Å²) in [5, 5.41) is 1.17. The lowest BCUT2D eigenvalue weighted by Crippen LogP contribution is -2.47. The number of nitrogens with zero attached hydrogens (tertiary/aromatic N) is 4. The molecule has 2 aromatic rings. The van der Waals surface area contributed by atoms with E-state index in [9.17, 15) is 0 Å². The van der Waals surface area contributed by atoms with Crippen LogP contribution in [0.2, 0.25) is 0 Å². The first-order valence-corrected chi connectivity index (χ1v) is 10.7. The predicted octanol–water partition coefficient (Wildman–Crippen LogP) is 3.16. The van der Waals surface area contributed by atoms with Gasteiger partial charge in [-0.1, -0.05) is 11.3 Å². The third kappa shape index (κ3) is 4.13. The molecule has 0 amide bonds. The van der Waals surface area contributed by atoms with Gasteiger partial charge in [-0.3, -0.25) is 0 Å². The van der Waals surface area contributed by atoms with Gasteiger partial charge in [-0.2, -0.15) is 0 Å². The Morgan fingerprint density at radius 1 is 1.12 bits per heavy atom. The molecular formula is C20H30N4OS. The average molecular weight is 375 g/mol. The van der Waals surface area contributed by atoms with Crippen LogP contribution in [-0.2, 0) is 0 Å². The standard InChI is InChI=1S/C20H30N4OS/c1-3-25-17-4-5-18-19(14-17)26-20(21-18)24-8-6-16(7-9-24)15-23-12-10-22(2)11-13-23/h4-5,14,16H,3,6-13,15H2,1-2H3. The van der Waals surface area contributed by atoms with E-state index in [2.05, 4.69) is 33.9 Å². The number of hydrogen-bond acceptors (Lipinski definition) is 6. The molecule has 1 aromatic heterocycles. The first-order valence-electron chi connectivity index (χ1n) is 9.90. The van der Waals surface area contributed by atoms with Crippen molar-refractivity contribution in [3.8, 4) is 5.75 Å². The van der Waals surface area contributed by atoms with Crippen LogP contribution in [0.3, 0.4) is 0 Å². The molecule has 6 heteroatoms. The molecule has 2 aliphatic heterocycles. The maximum Gasteiger partial charge on any atom is 0.186 e. The second kappa shape index (κ2) is 8.11. The Morgan fingerprint density at radius 2 is 1.88 bits per heavy atom. The molecule has 2 aliphatic rings. The van der Waals surface area contributed by atoms with Crippen molar-refractivity contribution in [3.63, 3.8) is 0 Å². The van der Waals surface area contributed by atoms with Crippen molar-refractivity contribution in [1.82, 2.24) is 14.8 Å². The van der Waals surface area contributed by atoms with Gasteiger partial charge in [-0.15, -0.1) is 0 Å². The van der Waals surface area contributed by atoms with Gasteiger partial charge in [0.15, 0.2) is 5.13 Å². The minimum atomic E-state index is 0.706. The first-order chi connectivity index (χ1) is 12.7. The molecule has 26 heavy (non-hydrogen) atoms. The van der Waals surface area contributed by atoms with Gasteiger partial charge in [0.1, 0.15) is 5.75 Å². The molecule has 0 bridgehead atoms. The van der Waals surface area contributed by atoms with Crippen LogP contribution in [-0.4, -0.2) is 74.3 Å². The number of piperazine rings is 1. The highest BCUT2D eigenvalue weighted by atomic mass is 32.1. The summed E-state index contributed by atoms with van der Waals surface area (Å²) >= 11 is 1.80. The van der Waals surface area contributed by atoms with E-state index in [0.717, 1.165) is 30.3 Å². The SMILES string of the molecule is CCOc1ccc2nc(N3CCC(CN4CCN(C)CC4)CC3)sc2c1. The topological polar surface area (TPSA) is 31.8 Å². The lowest BCUT2D eigenvalue weighted by molar-refractivity contribution is 0.129. The highest BCUT2D eigenvalue weighted by molar-refractivity contribution is 7.22. The smallest absolute Gasteiger partial charge is 0.186 e. The Morgan fingerprint density at radius 3 is 2.62 bits per heavy atom. The number of piperidine rings is 1. The predicted molar refractivity (Wildman–Crippen MR) is 110 cm³/mol. The van der Waals surface area contributed by atoms with Crippen molar-refractivity contribution >= 4 is 26.7 Å². The normalized spacial score (nSPS) is 20.8. The summed E-state index contributed by atoms with van der Waals surface area (Å²) in [7, 11) is 2.23. The van der Waals surface area contributed by atoms with Gasteiger partial charge in [-0.25, -0.2) is 4.98 Å². The van der Waals surface area contributed by atoms with Crippen LogP contribution in [0.15, 0.2) is 18.2 Å². The molecule has 0 saturated carbocycles. The van der Waals surface area contributed by atoms with Crippen LogP contribution in [0.5, 0.6) is 5.75 Å². The molecule has 2 saturated heterocycles. The number of aromatic nitrogens is 1. The fourth-order valence-electron chi connectivity index (χ4n) is 3.99. The summed E-state index contributed by atoms with van der Waals surface area (Å²) in [5.41, 5.74) is 1.09. The maximum atomic E-state index is 5.62. The highest BCUT2D eigenvalue weighted by Gasteiger charge is 2.24. The summed E-state index contributed by atoms with van der Waals surface area (Å²) in [6.07, 6.45) is 2.57. The van der Waals surface area contributed by atoms with Crippen molar-refractivity contribution in [3.05, 3.63) is 18.2 Å². The number of fused-ring (bicyclic) bond motifs is 1. The summed E-state index contributed by atoms with van der Waals surface area (Å²) in [4.78, 5) is 12.4. The third-order valence-electron chi connectivity index (χ3n) is 5.66. The van der Waals surface area contributed by atoms with Gasteiger partial charge < -0.3 is 19.4 Å². The maximum absolute atomic E-state index is 5.62. The number of hydrogen-bond donors (Lipinski definition) is 0. The van der Waals surface area contributed by atoms with Crippen LogP contribution < -0.4 is 9.64 Å². The van der Waals surface area contributed by atoms with Crippen LogP contribution in [0, 0.1) is 5.92 Å². The van der Waals surface area contributed by atoms with Gasteiger partial charge in [0, 0.05) is 45.8 Å². The molecule has 1 aromatic carbocycles. The van der Waals surface area contributed by atoms with Crippen molar-refractivity contribution in [1.29, 1.82) is 0 Å². The second-order valence-corrected chi connectivity index (χ2v) is 8.60. The summed E-state index contributed by atoms with van der Waals surface area (Å²) in [6.45, 7) is 11.2. The van der Waals surface area contributed by atoms with Crippen molar-refractivity contribution < 1.29 is 4.74 Å². The first kappa shape index (κ1) is 18.0. The molecule has 4 rings (SSSR count). The second-order valence-electron chi connectivity index (χ2n) is 7.59. The van der Waals surface area contributed by atoms with Crippen molar-refractivity contribution in [2.24, 2.45) is 5.92 Å². The minimum Gasteiger partial charge on any atom is -0.494 e. The van der Waals surface area contributed by atoms with Crippen LogP contribution in [0.1, 0.15) is 19.8 Å². The summed E-state index contributed by atoms with van der Waals surface area (Å²) in [5.74, 6) is 1.79. The molecule has 0 aliphatic carbocycles. The fourth-order valence-corrected chi connectivity index (χ4v) is 5.03. The van der Waals surface area contributed by atoms with Crippen molar-refractivity contribution in [2.75, 3.05) is 64.4 Å². The molecule has 5 nitrogen and oxygen atoms in total. The Bertz CT molecular complexity index is 718. The molecule has 0 N–H and O–H groups in total. The quantitative estimate of drug-likeness (QED) is 0.803. The lowest BCUT2D eigenvalue weighted by Gasteiger charge is -2.37. The summed E-state index contributed by atoms with van der Waals surface area (Å²) in [6, 6.07) is 6.23. The molecule has 2 fully saturated rings. The van der Waals surface area contributed by atoms with Crippen LogP contribution in [0.25, 0.3) is 10.2 Å². The third-order valence-corrected chi connectivity index (χ3v) is 6.74. The van der Waals surface area contributed by atoms with E-state index in [0.29, 0.717) is 6.61 Å². The van der Waals surface area contributed by atoms with Crippen LogP contribution in [0.4, 0.5) is 5.13 Å². The number of benzene rings is 1. The minimum absolute atomic E-state index is 0.706. The van der Waals surface area contributed by atoms with E-state index in [4.69, 9.17) is 9.72 Å². The van der Waals surface area contributed by atoms with Crippen molar-refractivity contribution in [2.45, 2.75) is 19.8 Å². The zero-order chi connectivity index (χ0) is 17.9. The van der Waals surface area contributed by atoms with E-state index >= 15 is 0 Å². The van der Waals surface area contributed by atoms with E-state index in [1.54, 1.807) is 11.3 Å². The average Bonchev–Trinajstić information content (AvgIpc) is 3.08. The number of likely N-dealkylation sites (N-methyl/N-ethyl adjacent to an activating group) is 1. The van der Waals surface area contributed by atoms with Gasteiger partial charge in [-0.05, 0) is 50.9 Å². The molecular weight excluding hydrogens is 344 g/mol. The molecule has 0 atom stereocenters. The molecule has 3 heterocycles. The molecule has 0 radical (unpaired) electrons. The van der Waals surface area contributed by atoms with Gasteiger partial charge in [0.05, 0.1) is 16.8 Å². The Hall–Kier alpha value is -1.37. The zero-order valence-corrected chi connectivity index (χ0v) is 16.8. The van der Waals surface area contributed by atoms with E-state index in [1.807, 2.05) is 13.0 Å². The number of rotatable bonds is 5. The zero-order valence-electron chi connectivity index (χ0n) is 16.0. The Balaban J connectivity index is 1.33. The van der Waals surface area contributed by atoms with E-state index in [-0.39, 0.29) is 0 Å². The van der Waals surface area contributed by atoms with E-state index in [1.165, 1.54) is 55.4 Å². The summed E-state index contributed by atoms with van der Waals surface area (Å²) < 4.78 is 6.85. The Labute approximate surface area is 160 Å². The van der Waals surface area contributed by atoms with Gasteiger partial charge in [0.2, 0.25) is 0 Å². The number of thiazole rings is 1.